The zero-order valence-electron chi connectivity index (χ0n) is 15.6. The van der Waals surface area contributed by atoms with Crippen LogP contribution in [0.3, 0.4) is 0 Å². The highest BCUT2D eigenvalue weighted by Crippen LogP contribution is 2.14. The highest BCUT2D eigenvalue weighted by atomic mass is 16.5. The molecule has 1 aromatic heterocycles. The van der Waals surface area contributed by atoms with Crippen LogP contribution >= 0.6 is 0 Å². The Kier molecular flexibility index (Phi) is 5.90. The van der Waals surface area contributed by atoms with E-state index in [0.717, 1.165) is 17.0 Å². The van der Waals surface area contributed by atoms with E-state index in [-0.39, 0.29) is 11.8 Å². The van der Waals surface area contributed by atoms with E-state index < -0.39 is 0 Å². The Morgan fingerprint density at radius 2 is 1.70 bits per heavy atom. The second-order valence-corrected chi connectivity index (χ2v) is 6.43. The molecule has 1 aliphatic rings. The molecule has 0 atom stereocenters. The molecule has 0 radical (unpaired) electrons. The summed E-state index contributed by atoms with van der Waals surface area (Å²) in [6, 6.07) is 11.4. The van der Waals surface area contributed by atoms with Crippen LogP contribution in [-0.4, -0.2) is 59.9 Å². The predicted octanol–water partition coefficient (Wildman–Crippen LogP) is 2.01. The van der Waals surface area contributed by atoms with Crippen molar-refractivity contribution in [2.75, 3.05) is 38.6 Å². The number of aromatic nitrogens is 1. The summed E-state index contributed by atoms with van der Waals surface area (Å²) < 4.78 is 5.15. The van der Waals surface area contributed by atoms with Crippen LogP contribution in [0.1, 0.15) is 23.0 Å². The summed E-state index contributed by atoms with van der Waals surface area (Å²) >= 11 is 0. The molecule has 1 fully saturated rings. The Morgan fingerprint density at radius 3 is 2.26 bits per heavy atom. The van der Waals surface area contributed by atoms with Crippen LogP contribution in [0.4, 0.5) is 5.69 Å². The quantitative estimate of drug-likeness (QED) is 0.874. The first-order valence-electron chi connectivity index (χ1n) is 8.94. The summed E-state index contributed by atoms with van der Waals surface area (Å²) in [6.45, 7) is 4.43. The van der Waals surface area contributed by atoms with Gasteiger partial charge in [-0.2, -0.15) is 0 Å². The van der Waals surface area contributed by atoms with E-state index in [1.807, 2.05) is 30.3 Å². The van der Waals surface area contributed by atoms with Gasteiger partial charge in [-0.25, -0.2) is 4.98 Å². The maximum Gasteiger partial charge on any atom is 0.272 e. The van der Waals surface area contributed by atoms with Crippen molar-refractivity contribution < 1.29 is 14.3 Å². The lowest BCUT2D eigenvalue weighted by molar-refractivity contribution is -0.130. The number of nitrogens with zero attached hydrogens (tertiary/aromatic N) is 3. The fourth-order valence-electron chi connectivity index (χ4n) is 2.96. The van der Waals surface area contributed by atoms with E-state index in [1.54, 1.807) is 36.1 Å². The molecule has 7 nitrogen and oxygen atoms in total. The molecule has 2 aromatic rings. The highest BCUT2D eigenvalue weighted by molar-refractivity contribution is 5.92. The van der Waals surface area contributed by atoms with Gasteiger partial charge in [0.05, 0.1) is 19.0 Å². The lowest BCUT2D eigenvalue weighted by atomic mass is 10.2. The number of nitrogens with one attached hydrogen (secondary N) is 1. The zero-order chi connectivity index (χ0) is 19.2. The normalized spacial score (nSPS) is 14.0. The largest absolute Gasteiger partial charge is 0.497 e. The van der Waals surface area contributed by atoms with Gasteiger partial charge >= 0.3 is 0 Å². The summed E-state index contributed by atoms with van der Waals surface area (Å²) in [6.07, 6.45) is 1.67. The molecule has 0 aliphatic carbocycles. The van der Waals surface area contributed by atoms with Crippen molar-refractivity contribution in [2.24, 2.45) is 0 Å². The van der Waals surface area contributed by atoms with Gasteiger partial charge in [-0.05, 0) is 29.8 Å². The average Bonchev–Trinajstić information content (AvgIpc) is 2.72. The van der Waals surface area contributed by atoms with Crippen LogP contribution in [0.15, 0.2) is 42.6 Å². The van der Waals surface area contributed by atoms with Crippen molar-refractivity contribution >= 4 is 17.5 Å². The first-order chi connectivity index (χ1) is 13.1. The predicted molar refractivity (Wildman–Crippen MR) is 103 cm³/mol. The molecule has 1 saturated heterocycles. The van der Waals surface area contributed by atoms with Gasteiger partial charge in [-0.1, -0.05) is 12.1 Å². The number of carbonyl (C=O) groups excluding carboxylic acids is 2. The Morgan fingerprint density at radius 1 is 1.04 bits per heavy atom. The van der Waals surface area contributed by atoms with Crippen LogP contribution in [0.2, 0.25) is 0 Å². The second kappa shape index (κ2) is 8.53. The smallest absolute Gasteiger partial charge is 0.272 e. The molecule has 2 heterocycles. The van der Waals surface area contributed by atoms with Gasteiger partial charge in [-0.15, -0.1) is 0 Å². The molecule has 3 rings (SSSR count). The molecule has 1 aliphatic heterocycles. The molecule has 1 N–H and O–H groups in total. The van der Waals surface area contributed by atoms with Crippen molar-refractivity contribution in [3.8, 4) is 5.75 Å². The summed E-state index contributed by atoms with van der Waals surface area (Å²) in [5.41, 5.74) is 2.39. The van der Waals surface area contributed by atoms with Crippen molar-refractivity contribution in [2.45, 2.75) is 13.5 Å². The lowest BCUT2D eigenvalue weighted by Crippen LogP contribution is -2.50. The number of anilines is 1. The lowest BCUT2D eigenvalue weighted by Gasteiger charge is -2.34. The summed E-state index contributed by atoms with van der Waals surface area (Å²) in [5.74, 6) is 0.778. The van der Waals surface area contributed by atoms with Crippen molar-refractivity contribution in [3.63, 3.8) is 0 Å². The van der Waals surface area contributed by atoms with Crippen molar-refractivity contribution in [3.05, 3.63) is 53.9 Å². The molecule has 142 valence electrons. The molecule has 1 aromatic carbocycles. The molecule has 0 unspecified atom stereocenters. The van der Waals surface area contributed by atoms with Gasteiger partial charge in [0.15, 0.2) is 0 Å². The first-order valence-corrected chi connectivity index (χ1v) is 8.94. The van der Waals surface area contributed by atoms with Crippen LogP contribution in [0.5, 0.6) is 5.75 Å². The van der Waals surface area contributed by atoms with Crippen LogP contribution in [0.25, 0.3) is 0 Å². The maximum atomic E-state index is 12.6. The van der Waals surface area contributed by atoms with Gasteiger partial charge in [0, 0.05) is 39.6 Å². The topological polar surface area (TPSA) is 74.8 Å². The number of rotatable bonds is 5. The Bertz CT molecular complexity index is 782. The van der Waals surface area contributed by atoms with Crippen molar-refractivity contribution in [1.29, 1.82) is 0 Å². The van der Waals surface area contributed by atoms with Gasteiger partial charge in [0.25, 0.3) is 5.91 Å². The standard InChI is InChI=1S/C20H24N4O3/c1-15(25)23-9-11-24(12-10-23)20(26)19-8-5-17(14-22-19)21-13-16-3-6-18(27-2)7-4-16/h3-8,14,21H,9-13H2,1-2H3. The van der Waals surface area contributed by atoms with Gasteiger partial charge in [-0.3, -0.25) is 9.59 Å². The van der Waals surface area contributed by atoms with Gasteiger partial charge < -0.3 is 19.9 Å². The zero-order valence-corrected chi connectivity index (χ0v) is 15.6. The molecule has 27 heavy (non-hydrogen) atoms. The summed E-state index contributed by atoms with van der Waals surface area (Å²) in [5, 5.41) is 3.29. The number of piperazine rings is 1. The van der Waals surface area contributed by atoms with E-state index in [4.69, 9.17) is 4.74 Å². The molecule has 0 bridgehead atoms. The number of carbonyl (C=O) groups is 2. The monoisotopic (exact) mass is 368 g/mol. The first kappa shape index (κ1) is 18.7. The van der Waals surface area contributed by atoms with Crippen molar-refractivity contribution in [1.82, 2.24) is 14.8 Å². The van der Waals surface area contributed by atoms with Crippen LogP contribution < -0.4 is 10.1 Å². The number of pyridine rings is 1. The van der Waals surface area contributed by atoms with E-state index in [0.29, 0.717) is 38.4 Å². The third-order valence-electron chi connectivity index (χ3n) is 4.65. The van der Waals surface area contributed by atoms with E-state index >= 15 is 0 Å². The van der Waals surface area contributed by atoms with E-state index in [1.165, 1.54) is 0 Å². The number of benzene rings is 1. The van der Waals surface area contributed by atoms with Gasteiger partial charge in [0.1, 0.15) is 11.4 Å². The fourth-order valence-corrected chi connectivity index (χ4v) is 2.96. The molecule has 0 spiro atoms. The third-order valence-corrected chi connectivity index (χ3v) is 4.65. The van der Waals surface area contributed by atoms with Gasteiger partial charge in [0.2, 0.25) is 5.91 Å². The Balaban J connectivity index is 1.53. The minimum atomic E-state index is -0.0973. The second-order valence-electron chi connectivity index (χ2n) is 6.43. The van der Waals surface area contributed by atoms with E-state index in [2.05, 4.69) is 10.3 Å². The van der Waals surface area contributed by atoms with Crippen LogP contribution in [0, 0.1) is 0 Å². The number of methoxy groups -OCH3 is 1. The Labute approximate surface area is 158 Å². The fraction of sp³-hybridized carbons (Fsp3) is 0.350. The summed E-state index contributed by atoms with van der Waals surface area (Å²) in [4.78, 5) is 31.7. The average molecular weight is 368 g/mol. The number of ether oxygens (including phenoxy) is 1. The maximum absolute atomic E-state index is 12.6. The highest BCUT2D eigenvalue weighted by Gasteiger charge is 2.23. The molecular formula is C20H24N4O3. The summed E-state index contributed by atoms with van der Waals surface area (Å²) in [7, 11) is 1.64. The number of amides is 2. The van der Waals surface area contributed by atoms with E-state index in [9.17, 15) is 9.59 Å². The molecule has 7 heteroatoms. The Hall–Kier alpha value is -3.09. The SMILES string of the molecule is COc1ccc(CNc2ccc(C(=O)N3CCN(C(C)=O)CC3)nc2)cc1. The molecule has 0 saturated carbocycles. The molecular weight excluding hydrogens is 344 g/mol. The minimum Gasteiger partial charge on any atom is -0.497 e. The molecule has 2 amide bonds. The third kappa shape index (κ3) is 4.75. The van der Waals surface area contributed by atoms with Crippen LogP contribution in [-0.2, 0) is 11.3 Å². The number of hydrogen-bond acceptors (Lipinski definition) is 5. The minimum absolute atomic E-state index is 0.0486. The number of hydrogen-bond donors (Lipinski definition) is 1.